The van der Waals surface area contributed by atoms with Crippen LogP contribution in [0.5, 0.6) is 5.75 Å². The largest absolute Gasteiger partial charge is 0.496 e. The average Bonchev–Trinajstić information content (AvgIpc) is 3.40. The number of halogens is 1. The van der Waals surface area contributed by atoms with Crippen LogP contribution in [0.2, 0.25) is 0 Å². The summed E-state index contributed by atoms with van der Waals surface area (Å²) in [4.78, 5) is 22.4. The molecule has 0 unspecified atom stereocenters. The number of benzene rings is 1. The molecule has 1 amide bonds. The van der Waals surface area contributed by atoms with Crippen LogP contribution in [0.4, 0.5) is 0 Å². The number of amides is 1. The lowest BCUT2D eigenvalue weighted by molar-refractivity contribution is 0.0632. The van der Waals surface area contributed by atoms with Crippen molar-refractivity contribution >= 4 is 44.5 Å². The van der Waals surface area contributed by atoms with Gasteiger partial charge in [-0.3, -0.25) is 9.69 Å². The lowest BCUT2D eigenvalue weighted by Gasteiger charge is -2.34. The number of rotatable bonds is 5. The molecule has 1 saturated heterocycles. The van der Waals surface area contributed by atoms with Crippen molar-refractivity contribution in [3.63, 3.8) is 0 Å². The molecular weight excluding hydrogens is 458 g/mol. The highest BCUT2D eigenvalue weighted by atomic mass is 79.9. The summed E-state index contributed by atoms with van der Waals surface area (Å²) in [7, 11) is 1.68. The summed E-state index contributed by atoms with van der Waals surface area (Å²) < 4.78 is 6.48. The first-order valence-electron chi connectivity index (χ1n) is 8.97. The molecule has 146 valence electrons. The van der Waals surface area contributed by atoms with Crippen LogP contribution >= 0.6 is 38.6 Å². The summed E-state index contributed by atoms with van der Waals surface area (Å²) in [6.07, 6.45) is 0. The number of carbonyl (C=O) groups is 1. The summed E-state index contributed by atoms with van der Waals surface area (Å²) in [5, 5.41) is 5.02. The van der Waals surface area contributed by atoms with Crippen molar-refractivity contribution in [3.8, 4) is 16.3 Å². The quantitative estimate of drug-likeness (QED) is 0.538. The Morgan fingerprint density at radius 2 is 2.04 bits per heavy atom. The highest BCUT2D eigenvalue weighted by Gasteiger charge is 2.23. The molecule has 4 rings (SSSR count). The number of aromatic nitrogens is 1. The van der Waals surface area contributed by atoms with Crippen LogP contribution in [0.3, 0.4) is 0 Å². The molecule has 28 heavy (non-hydrogen) atoms. The number of nitrogens with zero attached hydrogens (tertiary/aromatic N) is 3. The molecule has 1 aliphatic heterocycles. The predicted octanol–water partition coefficient (Wildman–Crippen LogP) is 4.60. The van der Waals surface area contributed by atoms with Gasteiger partial charge in [-0.2, -0.15) is 0 Å². The zero-order valence-electron chi connectivity index (χ0n) is 15.4. The van der Waals surface area contributed by atoms with Gasteiger partial charge >= 0.3 is 0 Å². The number of hydrogen-bond donors (Lipinski definition) is 0. The number of hydrogen-bond acceptors (Lipinski definition) is 6. The Bertz CT molecular complexity index is 950. The molecule has 3 heterocycles. The van der Waals surface area contributed by atoms with E-state index in [4.69, 9.17) is 9.72 Å². The maximum absolute atomic E-state index is 12.5. The Kier molecular flexibility index (Phi) is 6.10. The monoisotopic (exact) mass is 477 g/mol. The fraction of sp³-hybridized carbons (Fsp3) is 0.300. The molecule has 5 nitrogen and oxygen atoms in total. The third kappa shape index (κ3) is 4.30. The van der Waals surface area contributed by atoms with Gasteiger partial charge < -0.3 is 9.64 Å². The minimum atomic E-state index is 0.146. The number of thiophene rings is 1. The number of ether oxygens (including phenoxy) is 1. The second-order valence-electron chi connectivity index (χ2n) is 6.53. The van der Waals surface area contributed by atoms with Crippen molar-refractivity contribution in [1.82, 2.24) is 14.8 Å². The molecule has 8 heteroatoms. The Hall–Kier alpha value is -1.74. The van der Waals surface area contributed by atoms with Gasteiger partial charge in [0.15, 0.2) is 0 Å². The van der Waals surface area contributed by atoms with E-state index < -0.39 is 0 Å². The van der Waals surface area contributed by atoms with Gasteiger partial charge in [0, 0.05) is 42.6 Å². The highest BCUT2D eigenvalue weighted by molar-refractivity contribution is 9.10. The van der Waals surface area contributed by atoms with E-state index in [0.29, 0.717) is 0 Å². The summed E-state index contributed by atoms with van der Waals surface area (Å²) in [6.45, 7) is 4.04. The normalized spacial score (nSPS) is 15.0. The standard InChI is InChI=1S/C20H20BrN3O2S2/c1-26-17-5-4-14(21)11-16(17)19-22-15(13-28-19)12-23-6-8-24(9-7-23)20(25)18-3-2-10-27-18/h2-5,10-11,13H,6-9,12H2,1H3. The van der Waals surface area contributed by atoms with Gasteiger partial charge in [0.2, 0.25) is 0 Å². The number of thiazole rings is 1. The molecule has 0 saturated carbocycles. The summed E-state index contributed by atoms with van der Waals surface area (Å²) in [5.41, 5.74) is 2.06. The van der Waals surface area contributed by atoms with E-state index in [1.165, 1.54) is 11.3 Å². The van der Waals surface area contributed by atoms with Gasteiger partial charge in [-0.1, -0.05) is 22.0 Å². The molecule has 3 aromatic rings. The lowest BCUT2D eigenvalue weighted by Crippen LogP contribution is -2.48. The van der Waals surface area contributed by atoms with Crippen LogP contribution in [0.25, 0.3) is 10.6 Å². The third-order valence-corrected chi connectivity index (χ3v) is 7.00. The molecule has 0 aliphatic carbocycles. The first kappa shape index (κ1) is 19.6. The van der Waals surface area contributed by atoms with Gasteiger partial charge in [-0.05, 0) is 29.6 Å². The van der Waals surface area contributed by atoms with Crippen LogP contribution in [0, 0.1) is 0 Å². The van der Waals surface area contributed by atoms with Crippen LogP contribution in [0.1, 0.15) is 15.4 Å². The Balaban J connectivity index is 1.38. The van der Waals surface area contributed by atoms with Crippen molar-refractivity contribution < 1.29 is 9.53 Å². The average molecular weight is 478 g/mol. The van der Waals surface area contributed by atoms with Gasteiger partial charge in [0.05, 0.1) is 23.2 Å². The number of piperazine rings is 1. The predicted molar refractivity (Wildman–Crippen MR) is 117 cm³/mol. The molecule has 0 bridgehead atoms. The second-order valence-corrected chi connectivity index (χ2v) is 9.26. The fourth-order valence-electron chi connectivity index (χ4n) is 3.24. The van der Waals surface area contributed by atoms with Crippen LogP contribution in [0.15, 0.2) is 45.6 Å². The SMILES string of the molecule is COc1ccc(Br)cc1-c1nc(CN2CCN(C(=O)c3cccs3)CC2)cs1. The number of methoxy groups -OCH3 is 1. The summed E-state index contributed by atoms with van der Waals surface area (Å²) in [6, 6.07) is 9.77. The highest BCUT2D eigenvalue weighted by Crippen LogP contribution is 2.34. The third-order valence-electron chi connectivity index (χ3n) is 4.72. The Morgan fingerprint density at radius 1 is 1.21 bits per heavy atom. The van der Waals surface area contributed by atoms with Crippen molar-refractivity contribution in [2.75, 3.05) is 33.3 Å². The molecule has 1 aromatic carbocycles. The van der Waals surface area contributed by atoms with E-state index in [9.17, 15) is 4.79 Å². The van der Waals surface area contributed by atoms with Crippen LogP contribution in [-0.2, 0) is 6.54 Å². The zero-order valence-corrected chi connectivity index (χ0v) is 18.6. The second kappa shape index (κ2) is 8.73. The van der Waals surface area contributed by atoms with E-state index in [2.05, 4.69) is 26.2 Å². The van der Waals surface area contributed by atoms with Crippen molar-refractivity contribution in [3.05, 3.63) is 56.1 Å². The van der Waals surface area contributed by atoms with Gasteiger partial charge in [0.25, 0.3) is 5.91 Å². The maximum atomic E-state index is 12.5. The zero-order chi connectivity index (χ0) is 19.5. The maximum Gasteiger partial charge on any atom is 0.264 e. The minimum absolute atomic E-state index is 0.146. The van der Waals surface area contributed by atoms with Crippen LogP contribution < -0.4 is 4.74 Å². The van der Waals surface area contributed by atoms with Gasteiger partial charge in [-0.25, -0.2) is 4.98 Å². The van der Waals surface area contributed by atoms with Gasteiger partial charge in [0.1, 0.15) is 10.8 Å². The molecule has 1 aliphatic rings. The van der Waals surface area contributed by atoms with Crippen molar-refractivity contribution in [1.29, 1.82) is 0 Å². The topological polar surface area (TPSA) is 45.7 Å². The number of carbonyl (C=O) groups excluding carboxylic acids is 1. The summed E-state index contributed by atoms with van der Waals surface area (Å²) in [5.74, 6) is 0.970. The van der Waals surface area contributed by atoms with E-state index in [1.807, 2.05) is 40.6 Å². The minimum Gasteiger partial charge on any atom is -0.496 e. The van der Waals surface area contributed by atoms with Crippen molar-refractivity contribution in [2.45, 2.75) is 6.54 Å². The van der Waals surface area contributed by atoms with Gasteiger partial charge in [-0.15, -0.1) is 22.7 Å². The summed E-state index contributed by atoms with van der Waals surface area (Å²) >= 11 is 6.66. The molecule has 2 aromatic heterocycles. The molecular formula is C20H20BrN3O2S2. The smallest absolute Gasteiger partial charge is 0.264 e. The van der Waals surface area contributed by atoms with E-state index in [1.54, 1.807) is 18.4 Å². The molecule has 1 fully saturated rings. The van der Waals surface area contributed by atoms with Crippen molar-refractivity contribution in [2.24, 2.45) is 0 Å². The molecule has 0 atom stereocenters. The van der Waals surface area contributed by atoms with E-state index in [0.717, 1.165) is 64.1 Å². The Labute approximate surface area is 180 Å². The van der Waals surface area contributed by atoms with E-state index >= 15 is 0 Å². The first-order chi connectivity index (χ1) is 13.6. The first-order valence-corrected chi connectivity index (χ1v) is 11.5. The fourth-order valence-corrected chi connectivity index (χ4v) is 5.13. The Morgan fingerprint density at radius 3 is 2.75 bits per heavy atom. The van der Waals surface area contributed by atoms with E-state index in [-0.39, 0.29) is 5.91 Å². The molecule has 0 spiro atoms. The molecule has 0 N–H and O–H groups in total. The lowest BCUT2D eigenvalue weighted by atomic mass is 10.2. The van der Waals surface area contributed by atoms with Crippen LogP contribution in [-0.4, -0.2) is 54.0 Å². The molecule has 0 radical (unpaired) electrons.